The van der Waals surface area contributed by atoms with Crippen molar-refractivity contribution in [2.45, 2.75) is 6.92 Å². The third kappa shape index (κ3) is 3.28. The first kappa shape index (κ1) is 18.8. The van der Waals surface area contributed by atoms with Crippen molar-refractivity contribution in [2.75, 3.05) is 4.90 Å². The maximum absolute atomic E-state index is 14.9. The van der Waals surface area contributed by atoms with Gasteiger partial charge in [0.05, 0.1) is 16.9 Å². The van der Waals surface area contributed by atoms with Crippen LogP contribution in [0.2, 0.25) is 0 Å². The molecule has 0 radical (unpaired) electrons. The van der Waals surface area contributed by atoms with E-state index in [1.807, 2.05) is 62.5 Å². The molecule has 7 nitrogen and oxygen atoms in total. The number of benzene rings is 2. The van der Waals surface area contributed by atoms with Crippen LogP contribution in [0.4, 0.5) is 21.7 Å². The molecular formula is C23H18FN7. The maximum Gasteiger partial charge on any atom is 0.175 e. The summed E-state index contributed by atoms with van der Waals surface area (Å²) in [5.41, 5.74) is 4.11. The summed E-state index contributed by atoms with van der Waals surface area (Å²) in [7, 11) is 1.85. The number of nitrogens with zero attached hydrogens (tertiary/aromatic N) is 7. The average Bonchev–Trinajstić information content (AvgIpc) is 3.14. The number of fused-ring (bicyclic) bond motifs is 1. The smallest absolute Gasteiger partial charge is 0.175 e. The molecular weight excluding hydrogens is 393 g/mol. The third-order valence-corrected chi connectivity index (χ3v) is 5.06. The van der Waals surface area contributed by atoms with E-state index in [1.165, 1.54) is 12.4 Å². The monoisotopic (exact) mass is 411 g/mol. The molecule has 0 saturated heterocycles. The number of para-hydroxylation sites is 1. The Morgan fingerprint density at radius 1 is 0.903 bits per heavy atom. The van der Waals surface area contributed by atoms with Crippen LogP contribution in [0.15, 0.2) is 73.2 Å². The Labute approximate surface area is 177 Å². The number of aromatic nitrogens is 6. The van der Waals surface area contributed by atoms with E-state index in [1.54, 1.807) is 21.8 Å². The third-order valence-electron chi connectivity index (χ3n) is 5.06. The number of hydrogen-bond donors (Lipinski definition) is 0. The van der Waals surface area contributed by atoms with Crippen molar-refractivity contribution >= 4 is 28.2 Å². The predicted octanol–water partition coefficient (Wildman–Crippen LogP) is 4.74. The van der Waals surface area contributed by atoms with E-state index >= 15 is 0 Å². The van der Waals surface area contributed by atoms with Crippen LogP contribution >= 0.6 is 0 Å². The minimum Gasteiger partial charge on any atom is -0.276 e. The van der Waals surface area contributed by atoms with Gasteiger partial charge in [0.25, 0.3) is 0 Å². The summed E-state index contributed by atoms with van der Waals surface area (Å²) in [5.74, 6) is 0.252. The number of halogens is 1. The van der Waals surface area contributed by atoms with Crippen LogP contribution in [0.1, 0.15) is 5.69 Å². The zero-order valence-corrected chi connectivity index (χ0v) is 16.9. The SMILES string of the molecule is Cc1nnn(C)c1-c1ccc2ncnc(N(c3ccccc3)c3ncccc3F)c2c1. The van der Waals surface area contributed by atoms with Gasteiger partial charge >= 0.3 is 0 Å². The van der Waals surface area contributed by atoms with Gasteiger partial charge in [-0.05, 0) is 43.3 Å². The molecule has 152 valence electrons. The van der Waals surface area contributed by atoms with E-state index in [0.29, 0.717) is 5.82 Å². The first-order valence-corrected chi connectivity index (χ1v) is 9.70. The van der Waals surface area contributed by atoms with Gasteiger partial charge in [0.1, 0.15) is 12.1 Å². The molecule has 0 aliphatic rings. The molecule has 0 amide bonds. The van der Waals surface area contributed by atoms with Gasteiger partial charge < -0.3 is 0 Å². The first-order valence-electron chi connectivity index (χ1n) is 9.70. The highest BCUT2D eigenvalue weighted by molar-refractivity contribution is 5.96. The maximum atomic E-state index is 14.9. The normalized spacial score (nSPS) is 11.1. The highest BCUT2D eigenvalue weighted by atomic mass is 19.1. The van der Waals surface area contributed by atoms with Crippen molar-refractivity contribution in [3.05, 3.63) is 84.7 Å². The standard InChI is InChI=1S/C23H18FN7/c1-15-21(30(2)29-28-15)16-10-11-20-18(13-16)22(27-14-26-20)31(17-7-4-3-5-8-17)23-19(24)9-6-12-25-23/h3-14H,1-2H3. The molecule has 0 aliphatic carbocycles. The van der Waals surface area contributed by atoms with Crippen LogP contribution in [0.5, 0.6) is 0 Å². The van der Waals surface area contributed by atoms with Gasteiger partial charge in [0.15, 0.2) is 11.6 Å². The van der Waals surface area contributed by atoms with Crippen molar-refractivity contribution in [1.29, 1.82) is 0 Å². The molecule has 0 atom stereocenters. The Hall–Kier alpha value is -4.20. The van der Waals surface area contributed by atoms with E-state index in [9.17, 15) is 4.39 Å². The average molecular weight is 411 g/mol. The van der Waals surface area contributed by atoms with Crippen LogP contribution in [0, 0.1) is 12.7 Å². The second-order valence-electron chi connectivity index (χ2n) is 7.06. The lowest BCUT2D eigenvalue weighted by molar-refractivity contribution is 0.622. The summed E-state index contributed by atoms with van der Waals surface area (Å²) in [6.45, 7) is 1.91. The van der Waals surface area contributed by atoms with Crippen LogP contribution in [0.25, 0.3) is 22.2 Å². The van der Waals surface area contributed by atoms with Gasteiger partial charge in [-0.25, -0.2) is 24.0 Å². The molecule has 31 heavy (non-hydrogen) atoms. The van der Waals surface area contributed by atoms with Gasteiger partial charge in [-0.3, -0.25) is 4.90 Å². The van der Waals surface area contributed by atoms with Crippen LogP contribution in [-0.4, -0.2) is 29.9 Å². The van der Waals surface area contributed by atoms with Gasteiger partial charge in [0, 0.05) is 29.9 Å². The molecule has 0 unspecified atom stereocenters. The van der Waals surface area contributed by atoms with E-state index < -0.39 is 5.82 Å². The molecule has 0 aliphatic heterocycles. The predicted molar refractivity (Wildman–Crippen MR) is 117 cm³/mol. The van der Waals surface area contributed by atoms with E-state index in [0.717, 1.165) is 33.5 Å². The van der Waals surface area contributed by atoms with Crippen molar-refractivity contribution in [3.8, 4) is 11.3 Å². The Bertz CT molecular complexity index is 1360. The summed E-state index contributed by atoms with van der Waals surface area (Å²) in [5, 5.41) is 9.01. The first-order chi connectivity index (χ1) is 15.1. The fourth-order valence-corrected chi connectivity index (χ4v) is 3.69. The fraction of sp³-hybridized carbons (Fsp3) is 0.0870. The van der Waals surface area contributed by atoms with Crippen molar-refractivity contribution in [2.24, 2.45) is 7.05 Å². The molecule has 8 heteroatoms. The molecule has 0 bridgehead atoms. The fourth-order valence-electron chi connectivity index (χ4n) is 3.69. The largest absolute Gasteiger partial charge is 0.276 e. The topological polar surface area (TPSA) is 72.6 Å². The van der Waals surface area contributed by atoms with Gasteiger partial charge in [0.2, 0.25) is 0 Å². The molecule has 3 heterocycles. The lowest BCUT2D eigenvalue weighted by atomic mass is 10.1. The Kier molecular flexibility index (Phi) is 4.59. The second-order valence-corrected chi connectivity index (χ2v) is 7.06. The van der Waals surface area contributed by atoms with E-state index in [-0.39, 0.29) is 5.82 Å². The molecule has 0 N–H and O–H groups in total. The van der Waals surface area contributed by atoms with Crippen LogP contribution in [-0.2, 0) is 7.05 Å². The quantitative estimate of drug-likeness (QED) is 0.425. The molecule has 0 fully saturated rings. The highest BCUT2D eigenvalue weighted by Crippen LogP contribution is 2.38. The molecule has 5 aromatic rings. The summed E-state index contributed by atoms with van der Waals surface area (Å²) >= 11 is 0. The number of pyridine rings is 1. The number of aryl methyl sites for hydroxylation is 2. The van der Waals surface area contributed by atoms with Crippen molar-refractivity contribution < 1.29 is 4.39 Å². The molecule has 0 spiro atoms. The highest BCUT2D eigenvalue weighted by Gasteiger charge is 2.22. The Balaban J connectivity index is 1.79. The minimum absolute atomic E-state index is 0.164. The van der Waals surface area contributed by atoms with Gasteiger partial charge in [-0.2, -0.15) is 0 Å². The van der Waals surface area contributed by atoms with Crippen LogP contribution < -0.4 is 4.90 Å². The zero-order chi connectivity index (χ0) is 21.4. The molecule has 5 rings (SSSR count). The number of hydrogen-bond acceptors (Lipinski definition) is 6. The minimum atomic E-state index is -0.444. The molecule has 0 saturated carbocycles. The summed E-state index contributed by atoms with van der Waals surface area (Å²) < 4.78 is 16.6. The number of rotatable bonds is 4. The lowest BCUT2D eigenvalue weighted by Gasteiger charge is -2.24. The summed E-state index contributed by atoms with van der Waals surface area (Å²) in [6.07, 6.45) is 3.04. The number of anilines is 3. The summed E-state index contributed by atoms with van der Waals surface area (Å²) in [6, 6.07) is 18.3. The van der Waals surface area contributed by atoms with Crippen LogP contribution in [0.3, 0.4) is 0 Å². The van der Waals surface area contributed by atoms with Crippen molar-refractivity contribution in [1.82, 2.24) is 29.9 Å². The zero-order valence-electron chi connectivity index (χ0n) is 16.9. The van der Waals surface area contributed by atoms with E-state index in [4.69, 9.17) is 0 Å². The van der Waals surface area contributed by atoms with Crippen molar-refractivity contribution in [3.63, 3.8) is 0 Å². The molecule has 2 aromatic carbocycles. The Morgan fingerprint density at radius 3 is 2.48 bits per heavy atom. The lowest BCUT2D eigenvalue weighted by Crippen LogP contribution is -2.15. The van der Waals surface area contributed by atoms with E-state index in [2.05, 4.69) is 25.3 Å². The van der Waals surface area contributed by atoms with Gasteiger partial charge in [-0.1, -0.05) is 29.5 Å². The Morgan fingerprint density at radius 2 is 1.74 bits per heavy atom. The summed E-state index contributed by atoms with van der Waals surface area (Å²) in [4.78, 5) is 15.0. The van der Waals surface area contributed by atoms with Gasteiger partial charge in [-0.15, -0.1) is 5.10 Å². The molecule has 3 aromatic heterocycles. The second kappa shape index (κ2) is 7.56.